The normalized spacial score (nSPS) is 17.5. The summed E-state index contributed by atoms with van der Waals surface area (Å²) in [6, 6.07) is 7.00. The zero-order chi connectivity index (χ0) is 10.8. The van der Waals surface area contributed by atoms with Crippen LogP contribution < -0.4 is 10.1 Å². The Balaban J connectivity index is 2.23. The van der Waals surface area contributed by atoms with Crippen LogP contribution in [0.5, 0.6) is 5.75 Å². The van der Waals surface area contributed by atoms with Gasteiger partial charge in [-0.3, -0.25) is 0 Å². The molecule has 2 heteroatoms. The first-order valence-electron chi connectivity index (χ1n) is 5.58. The third-order valence-corrected chi connectivity index (χ3v) is 3.18. The van der Waals surface area contributed by atoms with E-state index in [2.05, 4.69) is 30.4 Å². The molecule has 0 amide bonds. The first-order valence-corrected chi connectivity index (χ1v) is 5.58. The van der Waals surface area contributed by atoms with E-state index >= 15 is 0 Å². The summed E-state index contributed by atoms with van der Waals surface area (Å²) in [7, 11) is 3.76. The molecular formula is C13H19NO. The second-order valence-corrected chi connectivity index (χ2v) is 4.33. The SMILES string of the molecule is CNC(c1ccc(OC)c(C)c1)C1CC1. The fourth-order valence-electron chi connectivity index (χ4n) is 2.20. The van der Waals surface area contributed by atoms with Crippen molar-refractivity contribution in [3.05, 3.63) is 29.3 Å². The van der Waals surface area contributed by atoms with E-state index in [0.717, 1.165) is 11.7 Å². The molecule has 82 valence electrons. The Morgan fingerprint density at radius 2 is 2.13 bits per heavy atom. The predicted molar refractivity (Wildman–Crippen MR) is 62.3 cm³/mol. The smallest absolute Gasteiger partial charge is 0.121 e. The predicted octanol–water partition coefficient (Wildman–Crippen LogP) is 2.67. The van der Waals surface area contributed by atoms with Gasteiger partial charge in [-0.2, -0.15) is 0 Å². The summed E-state index contributed by atoms with van der Waals surface area (Å²) in [5.74, 6) is 1.81. The molecule has 1 aliphatic rings. The van der Waals surface area contributed by atoms with Crippen LogP contribution in [-0.4, -0.2) is 14.2 Å². The first kappa shape index (κ1) is 10.5. The van der Waals surface area contributed by atoms with Crippen LogP contribution in [0.1, 0.15) is 30.0 Å². The number of ether oxygens (including phenoxy) is 1. The van der Waals surface area contributed by atoms with Crippen LogP contribution in [0.15, 0.2) is 18.2 Å². The van der Waals surface area contributed by atoms with E-state index in [1.807, 2.05) is 7.05 Å². The first-order chi connectivity index (χ1) is 7.26. The molecular weight excluding hydrogens is 186 g/mol. The third-order valence-electron chi connectivity index (χ3n) is 3.18. The zero-order valence-corrected chi connectivity index (χ0v) is 9.71. The second-order valence-electron chi connectivity index (χ2n) is 4.33. The number of hydrogen-bond acceptors (Lipinski definition) is 2. The van der Waals surface area contributed by atoms with Crippen molar-refractivity contribution in [1.82, 2.24) is 5.32 Å². The molecule has 0 aromatic heterocycles. The van der Waals surface area contributed by atoms with E-state index in [-0.39, 0.29) is 0 Å². The van der Waals surface area contributed by atoms with Gasteiger partial charge in [-0.15, -0.1) is 0 Å². The Kier molecular flexibility index (Phi) is 2.96. The molecule has 2 nitrogen and oxygen atoms in total. The van der Waals surface area contributed by atoms with Gasteiger partial charge in [0.2, 0.25) is 0 Å². The summed E-state index contributed by atoms with van der Waals surface area (Å²) in [6.07, 6.45) is 2.72. The van der Waals surface area contributed by atoms with Crippen LogP contribution in [0.3, 0.4) is 0 Å². The van der Waals surface area contributed by atoms with Crippen molar-refractivity contribution in [2.75, 3.05) is 14.2 Å². The van der Waals surface area contributed by atoms with Gasteiger partial charge in [-0.05, 0) is 49.9 Å². The van der Waals surface area contributed by atoms with E-state index in [9.17, 15) is 0 Å². The van der Waals surface area contributed by atoms with Crippen molar-refractivity contribution in [2.45, 2.75) is 25.8 Å². The minimum atomic E-state index is 0.523. The van der Waals surface area contributed by atoms with Crippen molar-refractivity contribution in [3.8, 4) is 5.75 Å². The summed E-state index contributed by atoms with van der Waals surface area (Å²) in [6.45, 7) is 2.10. The lowest BCUT2D eigenvalue weighted by atomic mass is 10.0. The van der Waals surface area contributed by atoms with Gasteiger partial charge in [0.15, 0.2) is 0 Å². The molecule has 1 unspecified atom stereocenters. The van der Waals surface area contributed by atoms with Crippen molar-refractivity contribution in [1.29, 1.82) is 0 Å². The standard InChI is InChI=1S/C13H19NO/c1-9-8-11(6-7-12(9)15-3)13(14-2)10-4-5-10/h6-8,10,13-14H,4-5H2,1-3H3. The summed E-state index contributed by atoms with van der Waals surface area (Å²) >= 11 is 0. The quantitative estimate of drug-likeness (QED) is 0.816. The molecule has 0 spiro atoms. The van der Waals surface area contributed by atoms with E-state index < -0.39 is 0 Å². The van der Waals surface area contributed by atoms with E-state index in [0.29, 0.717) is 6.04 Å². The molecule has 1 aliphatic carbocycles. The van der Waals surface area contributed by atoms with E-state index in [1.54, 1.807) is 7.11 Å². The molecule has 0 aliphatic heterocycles. The highest BCUT2D eigenvalue weighted by atomic mass is 16.5. The summed E-state index contributed by atoms with van der Waals surface area (Å²) in [5.41, 5.74) is 2.61. The molecule has 15 heavy (non-hydrogen) atoms. The van der Waals surface area contributed by atoms with Gasteiger partial charge in [-0.1, -0.05) is 12.1 Å². The number of rotatable bonds is 4. The van der Waals surface area contributed by atoms with Gasteiger partial charge in [0.25, 0.3) is 0 Å². The van der Waals surface area contributed by atoms with Crippen molar-refractivity contribution >= 4 is 0 Å². The van der Waals surface area contributed by atoms with Crippen molar-refractivity contribution in [3.63, 3.8) is 0 Å². The van der Waals surface area contributed by atoms with E-state index in [1.165, 1.54) is 24.0 Å². The van der Waals surface area contributed by atoms with Gasteiger partial charge in [0.05, 0.1) is 7.11 Å². The average Bonchev–Trinajstić information content (AvgIpc) is 3.03. The average molecular weight is 205 g/mol. The highest BCUT2D eigenvalue weighted by molar-refractivity contribution is 5.37. The fourth-order valence-corrected chi connectivity index (χ4v) is 2.20. The number of nitrogens with one attached hydrogen (secondary N) is 1. The number of methoxy groups -OCH3 is 1. The van der Waals surface area contributed by atoms with Crippen LogP contribution in [0.25, 0.3) is 0 Å². The Morgan fingerprint density at radius 1 is 1.40 bits per heavy atom. The number of benzene rings is 1. The molecule has 2 rings (SSSR count). The largest absolute Gasteiger partial charge is 0.496 e. The summed E-state index contributed by atoms with van der Waals surface area (Å²) in [4.78, 5) is 0. The van der Waals surface area contributed by atoms with Crippen LogP contribution in [-0.2, 0) is 0 Å². The molecule has 1 saturated carbocycles. The molecule has 1 aromatic rings. The second kappa shape index (κ2) is 4.23. The van der Waals surface area contributed by atoms with Crippen LogP contribution in [0.2, 0.25) is 0 Å². The van der Waals surface area contributed by atoms with Gasteiger partial charge < -0.3 is 10.1 Å². The highest BCUT2D eigenvalue weighted by Gasteiger charge is 2.31. The van der Waals surface area contributed by atoms with Crippen LogP contribution in [0.4, 0.5) is 0 Å². The van der Waals surface area contributed by atoms with Gasteiger partial charge in [-0.25, -0.2) is 0 Å². The molecule has 1 N–H and O–H groups in total. The number of aryl methyl sites for hydroxylation is 1. The Labute approximate surface area is 91.6 Å². The lowest BCUT2D eigenvalue weighted by Crippen LogP contribution is -2.18. The fraction of sp³-hybridized carbons (Fsp3) is 0.538. The van der Waals surface area contributed by atoms with Crippen LogP contribution in [0, 0.1) is 12.8 Å². The molecule has 0 saturated heterocycles. The van der Waals surface area contributed by atoms with Crippen LogP contribution >= 0.6 is 0 Å². The molecule has 1 atom stereocenters. The Morgan fingerprint density at radius 3 is 2.60 bits per heavy atom. The molecule has 1 aromatic carbocycles. The van der Waals surface area contributed by atoms with Gasteiger partial charge >= 0.3 is 0 Å². The lowest BCUT2D eigenvalue weighted by Gasteiger charge is -2.17. The Bertz CT molecular complexity index is 344. The minimum absolute atomic E-state index is 0.523. The van der Waals surface area contributed by atoms with Gasteiger partial charge in [0.1, 0.15) is 5.75 Å². The maximum Gasteiger partial charge on any atom is 0.121 e. The van der Waals surface area contributed by atoms with Crippen molar-refractivity contribution < 1.29 is 4.74 Å². The summed E-state index contributed by atoms with van der Waals surface area (Å²) < 4.78 is 5.27. The van der Waals surface area contributed by atoms with E-state index in [4.69, 9.17) is 4.74 Å². The third kappa shape index (κ3) is 2.15. The molecule has 1 fully saturated rings. The minimum Gasteiger partial charge on any atom is -0.496 e. The van der Waals surface area contributed by atoms with Crippen molar-refractivity contribution in [2.24, 2.45) is 5.92 Å². The molecule has 0 heterocycles. The summed E-state index contributed by atoms with van der Waals surface area (Å²) in [5, 5.41) is 3.40. The number of hydrogen-bond donors (Lipinski definition) is 1. The van der Waals surface area contributed by atoms with Gasteiger partial charge in [0, 0.05) is 6.04 Å². The highest BCUT2D eigenvalue weighted by Crippen LogP contribution is 2.41. The monoisotopic (exact) mass is 205 g/mol. The molecule has 0 radical (unpaired) electrons. The Hall–Kier alpha value is -1.02. The zero-order valence-electron chi connectivity index (χ0n) is 9.71. The molecule has 0 bridgehead atoms. The topological polar surface area (TPSA) is 21.3 Å². The maximum absolute atomic E-state index is 5.27. The maximum atomic E-state index is 5.27. The lowest BCUT2D eigenvalue weighted by molar-refractivity contribution is 0.411.